The van der Waals surface area contributed by atoms with Crippen molar-refractivity contribution >= 4 is 43.5 Å². The molecule has 0 saturated heterocycles. The van der Waals surface area contributed by atoms with Crippen molar-refractivity contribution in [1.82, 2.24) is 10.2 Å². The summed E-state index contributed by atoms with van der Waals surface area (Å²) >= 11 is 3.47. The van der Waals surface area contributed by atoms with E-state index in [1.807, 2.05) is 61.5 Å². The number of anilines is 1. The Bertz CT molecular complexity index is 1440. The average molecular weight is 647 g/mol. The molecule has 0 aliphatic carbocycles. The van der Waals surface area contributed by atoms with Crippen LogP contribution in [-0.2, 0) is 32.6 Å². The summed E-state index contributed by atoms with van der Waals surface area (Å²) in [5.74, 6) is -0.160. The zero-order valence-electron chi connectivity index (χ0n) is 23.7. The third kappa shape index (κ3) is 8.96. The van der Waals surface area contributed by atoms with Gasteiger partial charge >= 0.3 is 0 Å². The molecular formula is C30H36BrN3O6S. The molecule has 9 nitrogen and oxygen atoms in total. The molecule has 3 aromatic rings. The van der Waals surface area contributed by atoms with E-state index in [-0.39, 0.29) is 30.3 Å². The number of rotatable bonds is 14. The van der Waals surface area contributed by atoms with E-state index in [0.29, 0.717) is 12.3 Å². The van der Waals surface area contributed by atoms with Crippen LogP contribution in [0.1, 0.15) is 24.5 Å². The molecule has 0 aromatic heterocycles. The molecule has 1 N–H and O–H groups in total. The number of carbonyl (C=O) groups is 2. The van der Waals surface area contributed by atoms with Crippen molar-refractivity contribution in [1.29, 1.82) is 0 Å². The van der Waals surface area contributed by atoms with Crippen molar-refractivity contribution in [3.63, 3.8) is 0 Å². The first-order valence-electron chi connectivity index (χ1n) is 13.1. The minimum Gasteiger partial charge on any atom is -0.497 e. The molecular weight excluding hydrogens is 610 g/mol. The summed E-state index contributed by atoms with van der Waals surface area (Å²) in [5, 5.41) is 2.92. The number of amides is 2. The molecule has 0 unspecified atom stereocenters. The van der Waals surface area contributed by atoms with Gasteiger partial charge in [-0.25, -0.2) is 8.42 Å². The van der Waals surface area contributed by atoms with Crippen LogP contribution in [0.15, 0.2) is 77.3 Å². The Morgan fingerprint density at radius 3 is 2.27 bits per heavy atom. The molecule has 41 heavy (non-hydrogen) atoms. The van der Waals surface area contributed by atoms with Gasteiger partial charge in [0, 0.05) is 30.0 Å². The van der Waals surface area contributed by atoms with Crippen LogP contribution >= 0.6 is 15.9 Å². The normalized spacial score (nSPS) is 11.8. The molecule has 0 bridgehead atoms. The second kappa shape index (κ2) is 14.9. The number of nitrogens with one attached hydrogen (secondary N) is 1. The lowest BCUT2D eigenvalue weighted by atomic mass is 10.0. The van der Waals surface area contributed by atoms with Crippen LogP contribution < -0.4 is 19.1 Å². The Morgan fingerprint density at radius 2 is 1.66 bits per heavy atom. The number of hydrogen-bond acceptors (Lipinski definition) is 6. The number of nitrogens with zero attached hydrogens (tertiary/aromatic N) is 2. The van der Waals surface area contributed by atoms with Gasteiger partial charge in [0.2, 0.25) is 21.8 Å². The minimum absolute atomic E-state index is 0.0899. The number of sulfonamides is 1. The average Bonchev–Trinajstić information content (AvgIpc) is 2.96. The molecule has 0 radical (unpaired) electrons. The Hall–Kier alpha value is -3.57. The van der Waals surface area contributed by atoms with Crippen molar-refractivity contribution in [3.05, 3.63) is 88.4 Å². The second-order valence-electron chi connectivity index (χ2n) is 9.46. The van der Waals surface area contributed by atoms with Crippen molar-refractivity contribution in [2.45, 2.75) is 32.4 Å². The van der Waals surface area contributed by atoms with E-state index in [9.17, 15) is 18.0 Å². The highest BCUT2D eigenvalue weighted by atomic mass is 79.9. The predicted octanol–water partition coefficient (Wildman–Crippen LogP) is 4.40. The number of benzene rings is 3. The highest BCUT2D eigenvalue weighted by Crippen LogP contribution is 2.34. The first-order chi connectivity index (χ1) is 19.6. The summed E-state index contributed by atoms with van der Waals surface area (Å²) in [5.41, 5.74) is 1.83. The van der Waals surface area contributed by atoms with Gasteiger partial charge in [-0.15, -0.1) is 0 Å². The summed E-state index contributed by atoms with van der Waals surface area (Å²) in [7, 11) is -1.04. The van der Waals surface area contributed by atoms with Crippen molar-refractivity contribution < 1.29 is 27.5 Å². The lowest BCUT2D eigenvalue weighted by Crippen LogP contribution is -2.53. The zero-order valence-corrected chi connectivity index (χ0v) is 26.1. The van der Waals surface area contributed by atoms with Gasteiger partial charge in [0.15, 0.2) is 0 Å². The largest absolute Gasteiger partial charge is 0.497 e. The second-order valence-corrected chi connectivity index (χ2v) is 12.3. The number of hydrogen-bond donors (Lipinski definition) is 1. The molecule has 0 saturated carbocycles. The fourth-order valence-electron chi connectivity index (χ4n) is 4.34. The van der Waals surface area contributed by atoms with E-state index in [4.69, 9.17) is 9.47 Å². The molecule has 0 aliphatic heterocycles. The third-order valence-corrected chi connectivity index (χ3v) is 8.02. The summed E-state index contributed by atoms with van der Waals surface area (Å²) in [4.78, 5) is 29.2. The molecule has 1 atom stereocenters. The fourth-order valence-corrected chi connectivity index (χ4v) is 5.64. The van der Waals surface area contributed by atoms with Gasteiger partial charge < -0.3 is 19.7 Å². The topological polar surface area (TPSA) is 105 Å². The minimum atomic E-state index is -3.94. The van der Waals surface area contributed by atoms with Gasteiger partial charge in [-0.1, -0.05) is 65.3 Å². The van der Waals surface area contributed by atoms with Crippen LogP contribution in [0.4, 0.5) is 5.69 Å². The monoisotopic (exact) mass is 645 g/mol. The first-order valence-corrected chi connectivity index (χ1v) is 15.8. The fraction of sp³-hybridized carbons (Fsp3) is 0.333. The van der Waals surface area contributed by atoms with Gasteiger partial charge in [-0.2, -0.15) is 0 Å². The van der Waals surface area contributed by atoms with Gasteiger partial charge in [0.25, 0.3) is 0 Å². The van der Waals surface area contributed by atoms with Crippen molar-refractivity contribution in [2.24, 2.45) is 0 Å². The molecule has 0 spiro atoms. The maximum Gasteiger partial charge on any atom is 0.244 e. The Morgan fingerprint density at radius 1 is 0.951 bits per heavy atom. The number of ether oxygens (including phenoxy) is 2. The smallest absolute Gasteiger partial charge is 0.244 e. The van der Waals surface area contributed by atoms with Crippen LogP contribution in [-0.4, -0.2) is 64.7 Å². The van der Waals surface area contributed by atoms with Gasteiger partial charge in [-0.05, 0) is 41.8 Å². The molecule has 0 fully saturated rings. The van der Waals surface area contributed by atoms with E-state index in [1.165, 1.54) is 25.2 Å². The quantitative estimate of drug-likeness (QED) is 0.279. The molecule has 11 heteroatoms. The van der Waals surface area contributed by atoms with E-state index in [0.717, 1.165) is 32.6 Å². The molecule has 2 amide bonds. The number of carbonyl (C=O) groups excluding carboxylic acids is 2. The van der Waals surface area contributed by atoms with Crippen molar-refractivity contribution in [2.75, 3.05) is 37.9 Å². The maximum absolute atomic E-state index is 14.2. The van der Waals surface area contributed by atoms with E-state index in [1.54, 1.807) is 12.1 Å². The SMILES string of the molecule is CCCNC(=O)[C@@H](Cc1ccccc1)N(Cc1cccc(Br)c1)C(=O)CN(c1ccc(OC)cc1OC)S(C)(=O)=O. The Labute approximate surface area is 250 Å². The zero-order chi connectivity index (χ0) is 30.0. The van der Waals surface area contributed by atoms with Crippen LogP contribution in [0.2, 0.25) is 0 Å². The Kier molecular flexibility index (Phi) is 11.6. The van der Waals surface area contributed by atoms with Gasteiger partial charge in [0.05, 0.1) is 26.2 Å². The van der Waals surface area contributed by atoms with Gasteiger partial charge in [-0.3, -0.25) is 13.9 Å². The van der Waals surface area contributed by atoms with Crippen LogP contribution in [0.5, 0.6) is 11.5 Å². The molecule has 0 aliphatic rings. The summed E-state index contributed by atoms with van der Waals surface area (Å²) < 4.78 is 38.6. The molecule has 0 heterocycles. The lowest BCUT2D eigenvalue weighted by Gasteiger charge is -2.33. The molecule has 220 valence electrons. The highest BCUT2D eigenvalue weighted by molar-refractivity contribution is 9.10. The molecule has 3 aromatic carbocycles. The maximum atomic E-state index is 14.2. The van der Waals surface area contributed by atoms with E-state index >= 15 is 0 Å². The van der Waals surface area contributed by atoms with E-state index in [2.05, 4.69) is 21.2 Å². The first kappa shape index (κ1) is 32.0. The summed E-state index contributed by atoms with van der Waals surface area (Å²) in [6.07, 6.45) is 2.00. The summed E-state index contributed by atoms with van der Waals surface area (Å²) in [6, 6.07) is 20.6. The third-order valence-electron chi connectivity index (χ3n) is 6.40. The van der Waals surface area contributed by atoms with Gasteiger partial charge in [0.1, 0.15) is 24.1 Å². The number of methoxy groups -OCH3 is 2. The standard InChI is InChI=1S/C30H36BrN3O6S/c1-5-16-32-30(36)27(18-22-10-7-6-8-11-22)33(20-23-12-9-13-24(31)17-23)29(35)21-34(41(4,37)38)26-15-14-25(39-2)19-28(26)40-3/h6-15,17,19,27H,5,16,18,20-21H2,1-4H3,(H,32,36)/t27-/m1/s1. The van der Waals surface area contributed by atoms with Crippen LogP contribution in [0.3, 0.4) is 0 Å². The lowest BCUT2D eigenvalue weighted by molar-refractivity contribution is -0.140. The number of halogens is 1. The van der Waals surface area contributed by atoms with Crippen LogP contribution in [0, 0.1) is 0 Å². The van der Waals surface area contributed by atoms with E-state index < -0.39 is 28.5 Å². The highest BCUT2D eigenvalue weighted by Gasteiger charge is 2.33. The molecule has 3 rings (SSSR count). The Balaban J connectivity index is 2.08. The van der Waals surface area contributed by atoms with Crippen LogP contribution in [0.25, 0.3) is 0 Å². The van der Waals surface area contributed by atoms with Crippen molar-refractivity contribution in [3.8, 4) is 11.5 Å². The predicted molar refractivity (Wildman–Crippen MR) is 164 cm³/mol. The summed E-state index contributed by atoms with van der Waals surface area (Å²) in [6.45, 7) is 1.94.